The molecule has 0 aliphatic heterocycles. The summed E-state index contributed by atoms with van der Waals surface area (Å²) in [6, 6.07) is 2.60. The van der Waals surface area contributed by atoms with Gasteiger partial charge in [-0.2, -0.15) is 8.42 Å². The second kappa shape index (κ2) is 4.11. The van der Waals surface area contributed by atoms with Gasteiger partial charge >= 0.3 is 0 Å². The molecule has 0 bridgehead atoms. The van der Waals surface area contributed by atoms with E-state index in [4.69, 9.17) is 4.55 Å². The van der Waals surface area contributed by atoms with Crippen LogP contribution in [0.4, 0.5) is 14.5 Å². The standard InChI is InChI=1S/C8H9F2NO3S/c1-11(5-15(12,13)14)8-3-6(9)2-7(10)4-8/h2-4H,5H2,1H3,(H,12,13,14). The van der Waals surface area contributed by atoms with Crippen molar-refractivity contribution in [2.45, 2.75) is 0 Å². The lowest BCUT2D eigenvalue weighted by atomic mass is 10.3. The maximum absolute atomic E-state index is 12.7. The molecular weight excluding hydrogens is 228 g/mol. The zero-order chi connectivity index (χ0) is 11.6. The molecule has 0 aromatic heterocycles. The average molecular weight is 237 g/mol. The van der Waals surface area contributed by atoms with Crippen molar-refractivity contribution in [1.82, 2.24) is 0 Å². The molecule has 0 radical (unpaired) electrons. The highest BCUT2D eigenvalue weighted by Gasteiger charge is 2.11. The molecule has 0 amide bonds. The normalized spacial score (nSPS) is 11.5. The second-order valence-corrected chi connectivity index (χ2v) is 4.46. The Morgan fingerprint density at radius 1 is 1.27 bits per heavy atom. The summed E-state index contributed by atoms with van der Waals surface area (Å²) in [5.74, 6) is -2.35. The summed E-state index contributed by atoms with van der Waals surface area (Å²) in [7, 11) is -2.92. The van der Waals surface area contributed by atoms with Crippen LogP contribution in [0, 0.1) is 11.6 Å². The minimum absolute atomic E-state index is 0.0325. The van der Waals surface area contributed by atoms with Gasteiger partial charge in [-0.25, -0.2) is 8.78 Å². The first-order valence-electron chi connectivity index (χ1n) is 3.90. The van der Waals surface area contributed by atoms with E-state index in [-0.39, 0.29) is 5.69 Å². The van der Waals surface area contributed by atoms with Crippen LogP contribution >= 0.6 is 0 Å². The number of nitrogens with zero attached hydrogens (tertiary/aromatic N) is 1. The largest absolute Gasteiger partial charge is 0.358 e. The Balaban J connectivity index is 2.96. The summed E-state index contributed by atoms with van der Waals surface area (Å²) < 4.78 is 55.0. The van der Waals surface area contributed by atoms with Gasteiger partial charge in [0.2, 0.25) is 0 Å². The maximum Gasteiger partial charge on any atom is 0.283 e. The van der Waals surface area contributed by atoms with Gasteiger partial charge in [0.1, 0.15) is 17.5 Å². The van der Waals surface area contributed by atoms with E-state index in [2.05, 4.69) is 0 Å². The van der Waals surface area contributed by atoms with E-state index in [0.29, 0.717) is 6.07 Å². The van der Waals surface area contributed by atoms with Crippen LogP contribution in [0.3, 0.4) is 0 Å². The topological polar surface area (TPSA) is 57.6 Å². The summed E-state index contributed by atoms with van der Waals surface area (Å²) in [5.41, 5.74) is 0.0325. The average Bonchev–Trinajstić information content (AvgIpc) is 1.98. The lowest BCUT2D eigenvalue weighted by Crippen LogP contribution is -2.25. The first-order valence-corrected chi connectivity index (χ1v) is 5.51. The molecule has 0 atom stereocenters. The van der Waals surface area contributed by atoms with E-state index in [1.807, 2.05) is 0 Å². The Morgan fingerprint density at radius 3 is 2.13 bits per heavy atom. The van der Waals surface area contributed by atoms with E-state index < -0.39 is 27.6 Å². The van der Waals surface area contributed by atoms with Crippen LogP contribution < -0.4 is 4.90 Å². The Morgan fingerprint density at radius 2 is 1.73 bits per heavy atom. The van der Waals surface area contributed by atoms with Crippen LogP contribution in [0.25, 0.3) is 0 Å². The molecule has 4 nitrogen and oxygen atoms in total. The van der Waals surface area contributed by atoms with Crippen molar-refractivity contribution < 1.29 is 21.8 Å². The quantitative estimate of drug-likeness (QED) is 0.804. The number of rotatable bonds is 3. The molecule has 1 rings (SSSR count). The van der Waals surface area contributed by atoms with Gasteiger partial charge in [0.15, 0.2) is 0 Å². The lowest BCUT2D eigenvalue weighted by molar-refractivity contribution is 0.482. The summed E-state index contributed by atoms with van der Waals surface area (Å²) in [6.45, 7) is 0. The van der Waals surface area contributed by atoms with Crippen molar-refractivity contribution in [3.8, 4) is 0 Å². The van der Waals surface area contributed by atoms with Crippen LogP contribution in [-0.4, -0.2) is 25.9 Å². The molecule has 1 N–H and O–H groups in total. The Hall–Kier alpha value is -1.21. The Labute approximate surface area is 85.9 Å². The summed E-state index contributed by atoms with van der Waals surface area (Å²) >= 11 is 0. The Kier molecular flexibility index (Phi) is 3.25. The predicted molar refractivity (Wildman–Crippen MR) is 51.2 cm³/mol. The van der Waals surface area contributed by atoms with Crippen LogP contribution in [0.5, 0.6) is 0 Å². The van der Waals surface area contributed by atoms with Gasteiger partial charge in [-0.05, 0) is 12.1 Å². The van der Waals surface area contributed by atoms with Crippen molar-refractivity contribution in [3.63, 3.8) is 0 Å². The van der Waals surface area contributed by atoms with Gasteiger partial charge in [-0.1, -0.05) is 0 Å². The van der Waals surface area contributed by atoms with E-state index in [0.717, 1.165) is 17.0 Å². The van der Waals surface area contributed by atoms with Gasteiger partial charge in [0.25, 0.3) is 10.1 Å². The van der Waals surface area contributed by atoms with Crippen molar-refractivity contribution >= 4 is 15.8 Å². The fourth-order valence-electron chi connectivity index (χ4n) is 1.08. The number of hydrogen-bond donors (Lipinski definition) is 1. The molecule has 0 unspecified atom stereocenters. The fraction of sp³-hybridized carbons (Fsp3) is 0.250. The van der Waals surface area contributed by atoms with Crippen LogP contribution in [0.2, 0.25) is 0 Å². The fourth-order valence-corrected chi connectivity index (χ4v) is 1.72. The predicted octanol–water partition coefficient (Wildman–Crippen LogP) is 1.25. The molecule has 0 saturated heterocycles. The third-order valence-corrected chi connectivity index (χ3v) is 2.36. The third kappa shape index (κ3) is 3.80. The number of anilines is 1. The molecule has 0 saturated carbocycles. The zero-order valence-electron chi connectivity index (χ0n) is 7.81. The molecule has 1 aromatic carbocycles. The minimum Gasteiger partial charge on any atom is -0.358 e. The van der Waals surface area contributed by atoms with E-state index in [9.17, 15) is 17.2 Å². The molecule has 0 fully saturated rings. The number of halogens is 2. The molecule has 0 aliphatic rings. The molecule has 0 aliphatic carbocycles. The van der Waals surface area contributed by atoms with Gasteiger partial charge in [-0.15, -0.1) is 0 Å². The second-order valence-electron chi connectivity index (χ2n) is 3.04. The highest BCUT2D eigenvalue weighted by atomic mass is 32.2. The third-order valence-electron chi connectivity index (χ3n) is 1.64. The Bertz CT molecular complexity index is 441. The number of benzene rings is 1. The van der Waals surface area contributed by atoms with Crippen molar-refractivity contribution in [2.75, 3.05) is 17.8 Å². The van der Waals surface area contributed by atoms with Gasteiger partial charge in [0, 0.05) is 18.8 Å². The first-order chi connectivity index (χ1) is 6.78. The maximum atomic E-state index is 12.7. The molecule has 7 heteroatoms. The van der Waals surface area contributed by atoms with E-state index in [1.165, 1.54) is 7.05 Å². The highest BCUT2D eigenvalue weighted by molar-refractivity contribution is 7.85. The van der Waals surface area contributed by atoms with Gasteiger partial charge in [-0.3, -0.25) is 4.55 Å². The molecule has 0 spiro atoms. The van der Waals surface area contributed by atoms with Gasteiger partial charge < -0.3 is 4.90 Å². The zero-order valence-corrected chi connectivity index (χ0v) is 8.63. The molecule has 84 valence electrons. The molecular formula is C8H9F2NO3S. The summed E-state index contributed by atoms with van der Waals surface area (Å²) in [6.07, 6.45) is 0. The highest BCUT2D eigenvalue weighted by Crippen LogP contribution is 2.16. The van der Waals surface area contributed by atoms with Gasteiger partial charge in [0.05, 0.1) is 0 Å². The van der Waals surface area contributed by atoms with Crippen molar-refractivity contribution in [1.29, 1.82) is 0 Å². The van der Waals surface area contributed by atoms with Crippen molar-refractivity contribution in [3.05, 3.63) is 29.8 Å². The summed E-state index contributed by atoms with van der Waals surface area (Å²) in [5, 5.41) is 0. The molecule has 0 heterocycles. The van der Waals surface area contributed by atoms with Crippen molar-refractivity contribution in [2.24, 2.45) is 0 Å². The minimum atomic E-state index is -4.22. The number of hydrogen-bond acceptors (Lipinski definition) is 3. The SMILES string of the molecule is CN(CS(=O)(=O)O)c1cc(F)cc(F)c1. The van der Waals surface area contributed by atoms with Crippen LogP contribution in [0.1, 0.15) is 0 Å². The summed E-state index contributed by atoms with van der Waals surface area (Å²) in [4.78, 5) is 1.02. The monoisotopic (exact) mass is 237 g/mol. The first kappa shape index (κ1) is 11.9. The van der Waals surface area contributed by atoms with E-state index >= 15 is 0 Å². The molecule has 15 heavy (non-hydrogen) atoms. The molecule has 1 aromatic rings. The van der Waals surface area contributed by atoms with Crippen LogP contribution in [-0.2, 0) is 10.1 Å². The van der Waals surface area contributed by atoms with Crippen LogP contribution in [0.15, 0.2) is 18.2 Å². The van der Waals surface area contributed by atoms with E-state index in [1.54, 1.807) is 0 Å². The smallest absolute Gasteiger partial charge is 0.283 e. The lowest BCUT2D eigenvalue weighted by Gasteiger charge is -2.17.